The van der Waals surface area contributed by atoms with E-state index in [-0.39, 0.29) is 48.3 Å². The van der Waals surface area contributed by atoms with Crippen LogP contribution in [0.5, 0.6) is 0 Å². The van der Waals surface area contributed by atoms with Crippen LogP contribution in [-0.2, 0) is 0 Å². The molecule has 30 heavy (non-hydrogen) atoms. The number of imide groups is 1. The van der Waals surface area contributed by atoms with Crippen LogP contribution in [0.25, 0.3) is 0 Å². The molecule has 2 aromatic carbocycles. The molecular weight excluding hydrogens is 382 g/mol. The number of fused-ring (bicyclic) bond motifs is 1. The Hall–Kier alpha value is -3.48. The van der Waals surface area contributed by atoms with Gasteiger partial charge in [-0.05, 0) is 69.2 Å². The Bertz CT molecular complexity index is 1040. The fourth-order valence-electron chi connectivity index (χ4n) is 3.31. The average molecular weight is 407 g/mol. The number of nitrogens with one attached hydrogen (secondary N) is 2. The summed E-state index contributed by atoms with van der Waals surface area (Å²) in [5.74, 6) is -1.31. The van der Waals surface area contributed by atoms with Crippen LogP contribution in [0.1, 0.15) is 66.4 Å². The van der Waals surface area contributed by atoms with Crippen LogP contribution in [-0.4, -0.2) is 47.7 Å². The molecular formula is C23H25N3O4. The molecule has 0 radical (unpaired) electrons. The highest BCUT2D eigenvalue weighted by Gasteiger charge is 2.37. The lowest BCUT2D eigenvalue weighted by molar-refractivity contribution is 0.0608. The van der Waals surface area contributed by atoms with Crippen molar-refractivity contribution in [2.75, 3.05) is 13.1 Å². The molecule has 0 unspecified atom stereocenters. The molecule has 1 aliphatic heterocycles. The molecule has 3 rings (SSSR count). The smallest absolute Gasteiger partial charge is 0.261 e. The number of amides is 4. The van der Waals surface area contributed by atoms with Gasteiger partial charge in [-0.25, -0.2) is 0 Å². The van der Waals surface area contributed by atoms with E-state index in [1.807, 2.05) is 26.0 Å². The van der Waals surface area contributed by atoms with Gasteiger partial charge in [-0.2, -0.15) is 0 Å². The number of hydrogen-bond donors (Lipinski definition) is 2. The van der Waals surface area contributed by atoms with Gasteiger partial charge in [0.15, 0.2) is 0 Å². The highest BCUT2D eigenvalue weighted by Crippen LogP contribution is 2.25. The Balaban J connectivity index is 1.56. The molecule has 0 atom stereocenters. The van der Waals surface area contributed by atoms with Crippen molar-refractivity contribution >= 4 is 23.6 Å². The second kappa shape index (κ2) is 8.49. The first kappa shape index (κ1) is 21.2. The molecule has 1 heterocycles. The molecule has 156 valence electrons. The largest absolute Gasteiger partial charge is 0.350 e. The summed E-state index contributed by atoms with van der Waals surface area (Å²) in [4.78, 5) is 50.6. The minimum absolute atomic E-state index is 0.206. The fourth-order valence-corrected chi connectivity index (χ4v) is 3.31. The van der Waals surface area contributed by atoms with E-state index in [1.165, 1.54) is 23.1 Å². The van der Waals surface area contributed by atoms with Crippen molar-refractivity contribution in [1.82, 2.24) is 15.5 Å². The van der Waals surface area contributed by atoms with Crippen molar-refractivity contribution in [2.45, 2.75) is 33.7 Å². The summed E-state index contributed by atoms with van der Waals surface area (Å²) in [6.45, 7) is 7.96. The lowest BCUT2D eigenvalue weighted by Crippen LogP contribution is -2.36. The van der Waals surface area contributed by atoms with Crippen LogP contribution in [0.3, 0.4) is 0 Å². The van der Waals surface area contributed by atoms with Gasteiger partial charge in [0.2, 0.25) is 0 Å². The third-order valence-electron chi connectivity index (χ3n) is 5.16. The Morgan fingerprint density at radius 2 is 1.33 bits per heavy atom. The maximum absolute atomic E-state index is 12.5. The highest BCUT2D eigenvalue weighted by molar-refractivity contribution is 6.22. The number of carbonyl (C=O) groups excluding carboxylic acids is 4. The van der Waals surface area contributed by atoms with Gasteiger partial charge < -0.3 is 10.6 Å². The Kier molecular flexibility index (Phi) is 6.01. The number of aryl methyl sites for hydroxylation is 2. The number of carbonyl (C=O) groups is 4. The first-order valence-electron chi connectivity index (χ1n) is 9.86. The van der Waals surface area contributed by atoms with Crippen LogP contribution in [0, 0.1) is 13.8 Å². The van der Waals surface area contributed by atoms with Gasteiger partial charge in [0.05, 0.1) is 11.1 Å². The zero-order valence-corrected chi connectivity index (χ0v) is 17.5. The summed E-state index contributed by atoms with van der Waals surface area (Å²) in [5.41, 5.74) is 3.57. The second-order valence-electron chi connectivity index (χ2n) is 7.65. The van der Waals surface area contributed by atoms with Crippen LogP contribution >= 0.6 is 0 Å². The van der Waals surface area contributed by atoms with E-state index in [9.17, 15) is 19.2 Å². The van der Waals surface area contributed by atoms with Crippen molar-refractivity contribution in [1.29, 1.82) is 0 Å². The van der Waals surface area contributed by atoms with Gasteiger partial charge >= 0.3 is 0 Å². The molecule has 0 aromatic heterocycles. The molecule has 2 aromatic rings. The summed E-state index contributed by atoms with van der Waals surface area (Å²) in [5, 5.41) is 5.48. The van der Waals surface area contributed by atoms with E-state index in [4.69, 9.17) is 0 Å². The zero-order chi connectivity index (χ0) is 22.0. The lowest BCUT2D eigenvalue weighted by Gasteiger charge is -2.17. The van der Waals surface area contributed by atoms with Crippen LogP contribution in [0.4, 0.5) is 0 Å². The molecule has 0 bridgehead atoms. The molecule has 4 amide bonds. The van der Waals surface area contributed by atoms with E-state index < -0.39 is 0 Å². The Labute approximate surface area is 175 Å². The van der Waals surface area contributed by atoms with Crippen LogP contribution in [0.15, 0.2) is 36.4 Å². The predicted octanol–water partition coefficient (Wildman–Crippen LogP) is 2.47. The van der Waals surface area contributed by atoms with Gasteiger partial charge in [0.25, 0.3) is 23.6 Å². The van der Waals surface area contributed by atoms with E-state index >= 15 is 0 Å². The van der Waals surface area contributed by atoms with Gasteiger partial charge in [-0.15, -0.1) is 0 Å². The molecule has 0 saturated carbocycles. The number of hydrogen-bond acceptors (Lipinski definition) is 4. The molecule has 7 heteroatoms. The second-order valence-corrected chi connectivity index (χ2v) is 7.65. The van der Waals surface area contributed by atoms with Crippen LogP contribution < -0.4 is 10.6 Å². The molecule has 0 aliphatic carbocycles. The molecule has 1 aliphatic rings. The maximum Gasteiger partial charge on any atom is 0.261 e. The van der Waals surface area contributed by atoms with E-state index in [1.54, 1.807) is 19.9 Å². The number of rotatable bonds is 6. The first-order valence-corrected chi connectivity index (χ1v) is 9.86. The van der Waals surface area contributed by atoms with Gasteiger partial charge in [-0.1, -0.05) is 6.07 Å². The minimum Gasteiger partial charge on any atom is -0.350 e. The van der Waals surface area contributed by atoms with Crippen molar-refractivity contribution in [3.05, 3.63) is 69.8 Å². The molecule has 0 spiro atoms. The van der Waals surface area contributed by atoms with E-state index in [0.717, 1.165) is 11.1 Å². The van der Waals surface area contributed by atoms with Gasteiger partial charge in [0.1, 0.15) is 0 Å². The number of nitrogens with zero attached hydrogens (tertiary/aromatic N) is 1. The lowest BCUT2D eigenvalue weighted by atomic mass is 10.1. The topological polar surface area (TPSA) is 95.6 Å². The van der Waals surface area contributed by atoms with E-state index in [0.29, 0.717) is 16.7 Å². The van der Waals surface area contributed by atoms with Gasteiger partial charge in [0, 0.05) is 30.3 Å². The summed E-state index contributed by atoms with van der Waals surface area (Å²) in [7, 11) is 0. The van der Waals surface area contributed by atoms with Crippen LogP contribution in [0.2, 0.25) is 0 Å². The molecule has 0 fully saturated rings. The van der Waals surface area contributed by atoms with Gasteiger partial charge in [-0.3, -0.25) is 24.1 Å². The minimum atomic E-state index is -0.389. The number of benzene rings is 2. The monoisotopic (exact) mass is 407 g/mol. The van der Waals surface area contributed by atoms with Crippen molar-refractivity contribution < 1.29 is 19.2 Å². The summed E-state index contributed by atoms with van der Waals surface area (Å²) in [6.07, 6.45) is 0. The molecule has 2 N–H and O–H groups in total. The first-order chi connectivity index (χ1) is 14.2. The normalized spacial score (nSPS) is 12.9. The Morgan fingerprint density at radius 1 is 0.800 bits per heavy atom. The predicted molar refractivity (Wildman–Crippen MR) is 113 cm³/mol. The van der Waals surface area contributed by atoms with Crippen molar-refractivity contribution in [3.63, 3.8) is 0 Å². The zero-order valence-electron chi connectivity index (χ0n) is 17.5. The Morgan fingerprint density at radius 3 is 1.90 bits per heavy atom. The van der Waals surface area contributed by atoms with Crippen molar-refractivity contribution in [3.8, 4) is 0 Å². The third-order valence-corrected chi connectivity index (χ3v) is 5.16. The quantitative estimate of drug-likeness (QED) is 0.568. The summed E-state index contributed by atoms with van der Waals surface area (Å²) in [6, 6.07) is 9.71. The van der Waals surface area contributed by atoms with Crippen molar-refractivity contribution in [2.24, 2.45) is 0 Å². The molecule has 0 saturated heterocycles. The fraction of sp³-hybridized carbons (Fsp3) is 0.304. The maximum atomic E-state index is 12.5. The van der Waals surface area contributed by atoms with E-state index in [2.05, 4.69) is 10.6 Å². The molecule has 7 nitrogen and oxygen atoms in total. The summed E-state index contributed by atoms with van der Waals surface area (Å²) < 4.78 is 0. The average Bonchev–Trinajstić information content (AvgIpc) is 2.96. The highest BCUT2D eigenvalue weighted by atomic mass is 16.2. The standard InChI is InChI=1S/C23H25N3O4/c1-13(2)26-22(29)18-8-7-17(12-19(18)23(26)30)21(28)25-10-9-24-20(27)16-6-5-14(3)15(4)11-16/h5-8,11-13H,9-10H2,1-4H3,(H,24,27)(H,25,28). The third kappa shape index (κ3) is 4.10. The summed E-state index contributed by atoms with van der Waals surface area (Å²) >= 11 is 0. The SMILES string of the molecule is Cc1ccc(C(=O)NCCNC(=O)c2ccc3c(c2)C(=O)N(C(C)C)C3=O)cc1C.